The molecule has 2 aliphatic heterocycles. The zero-order chi connectivity index (χ0) is 14.6. The van der Waals surface area contributed by atoms with Crippen LogP contribution in [0.1, 0.15) is 39.5 Å². The molecule has 2 atom stereocenters. The summed E-state index contributed by atoms with van der Waals surface area (Å²) < 4.78 is 11.6. The Morgan fingerprint density at radius 2 is 2.10 bits per heavy atom. The Labute approximate surface area is 123 Å². The van der Waals surface area contributed by atoms with Crippen molar-refractivity contribution in [2.24, 2.45) is 5.41 Å². The van der Waals surface area contributed by atoms with Gasteiger partial charge in [0, 0.05) is 13.2 Å². The molecule has 2 saturated heterocycles. The Hall–Kier alpha value is -0.450. The molecule has 0 aliphatic carbocycles. The van der Waals surface area contributed by atoms with Gasteiger partial charge in [-0.25, -0.2) is 4.99 Å². The number of hydrogen-bond donors (Lipinski definition) is 2. The Bertz CT molecular complexity index is 335. The first-order chi connectivity index (χ1) is 9.41. The molecule has 0 spiro atoms. The minimum absolute atomic E-state index is 0.0181. The molecule has 0 amide bonds. The highest BCUT2D eigenvalue weighted by atomic mass is 16.5. The highest BCUT2D eigenvalue weighted by molar-refractivity contribution is 5.60. The van der Waals surface area contributed by atoms with Gasteiger partial charge in [-0.05, 0) is 39.5 Å². The summed E-state index contributed by atoms with van der Waals surface area (Å²) in [7, 11) is 4.47. The molecule has 0 saturated carbocycles. The van der Waals surface area contributed by atoms with Crippen LogP contribution in [0.15, 0.2) is 0 Å². The number of rotatable bonds is 5. The van der Waals surface area contributed by atoms with Crippen LogP contribution in [0.3, 0.4) is 0 Å². The Morgan fingerprint density at radius 3 is 2.70 bits per heavy atom. The molecular weight excluding hydrogens is 252 g/mol. The van der Waals surface area contributed by atoms with Crippen molar-refractivity contribution in [2.75, 3.05) is 40.4 Å². The van der Waals surface area contributed by atoms with E-state index in [9.17, 15) is 0 Å². The lowest BCUT2D eigenvalue weighted by molar-refractivity contribution is -0.864. The number of ether oxygens (including phenoxy) is 2. The summed E-state index contributed by atoms with van der Waals surface area (Å²) in [6.45, 7) is 8.31. The SMILES string of the molecule is C[NH+](C)C[C@@]1(C=[NH+]C[C@@H]2CCCO2)CCOC(C)(C)C1. The summed E-state index contributed by atoms with van der Waals surface area (Å²) in [5.41, 5.74) is 0.217. The third kappa shape index (κ3) is 4.54. The lowest BCUT2D eigenvalue weighted by Crippen LogP contribution is -3.07. The fourth-order valence-corrected chi connectivity index (χ4v) is 3.76. The predicted molar refractivity (Wildman–Crippen MR) is 80.2 cm³/mol. The lowest BCUT2D eigenvalue weighted by atomic mass is 9.74. The highest BCUT2D eigenvalue weighted by Crippen LogP contribution is 2.35. The molecule has 2 aliphatic rings. The molecule has 0 aromatic rings. The van der Waals surface area contributed by atoms with Crippen molar-refractivity contribution in [1.82, 2.24) is 0 Å². The Balaban J connectivity index is 2.00. The van der Waals surface area contributed by atoms with Crippen LogP contribution in [0.5, 0.6) is 0 Å². The van der Waals surface area contributed by atoms with E-state index in [1.165, 1.54) is 17.7 Å². The van der Waals surface area contributed by atoms with Crippen LogP contribution in [0.4, 0.5) is 0 Å². The van der Waals surface area contributed by atoms with E-state index in [1.54, 1.807) is 0 Å². The van der Waals surface area contributed by atoms with E-state index < -0.39 is 0 Å². The van der Waals surface area contributed by atoms with Gasteiger partial charge >= 0.3 is 0 Å². The van der Waals surface area contributed by atoms with Crippen molar-refractivity contribution in [3.8, 4) is 0 Å². The Kier molecular flexibility index (Phi) is 5.21. The molecule has 2 N–H and O–H groups in total. The molecule has 20 heavy (non-hydrogen) atoms. The summed E-state index contributed by atoms with van der Waals surface area (Å²) >= 11 is 0. The first-order valence-corrected chi connectivity index (χ1v) is 8.03. The summed E-state index contributed by atoms with van der Waals surface area (Å²) in [6.07, 6.45) is 7.36. The first kappa shape index (κ1) is 15.9. The van der Waals surface area contributed by atoms with Gasteiger partial charge in [0.2, 0.25) is 0 Å². The van der Waals surface area contributed by atoms with Gasteiger partial charge in [-0.1, -0.05) is 0 Å². The third-order valence-electron chi connectivity index (χ3n) is 4.35. The molecule has 2 fully saturated rings. The monoisotopic (exact) mass is 284 g/mol. The molecule has 0 radical (unpaired) electrons. The average molecular weight is 284 g/mol. The average Bonchev–Trinajstić information content (AvgIpc) is 2.79. The summed E-state index contributed by atoms with van der Waals surface area (Å²) in [5.74, 6) is 0. The zero-order valence-electron chi connectivity index (χ0n) is 13.6. The van der Waals surface area contributed by atoms with Gasteiger partial charge in [0.05, 0.1) is 26.2 Å². The molecule has 0 aromatic carbocycles. The predicted octanol–water partition coefficient (Wildman–Crippen LogP) is -0.963. The van der Waals surface area contributed by atoms with Crippen LogP contribution < -0.4 is 9.89 Å². The van der Waals surface area contributed by atoms with E-state index >= 15 is 0 Å². The smallest absolute Gasteiger partial charge is 0.166 e. The molecular formula is C16H32N2O2+2. The topological polar surface area (TPSA) is 36.9 Å². The number of hydrogen-bond acceptors (Lipinski definition) is 2. The van der Waals surface area contributed by atoms with Crippen LogP contribution >= 0.6 is 0 Å². The van der Waals surface area contributed by atoms with Crippen LogP contribution in [0.2, 0.25) is 0 Å². The summed E-state index contributed by atoms with van der Waals surface area (Å²) in [4.78, 5) is 5.06. The molecule has 0 unspecified atom stereocenters. The van der Waals surface area contributed by atoms with E-state index in [4.69, 9.17) is 9.47 Å². The molecule has 0 bridgehead atoms. The van der Waals surface area contributed by atoms with Gasteiger partial charge in [-0.2, -0.15) is 0 Å². The van der Waals surface area contributed by atoms with Gasteiger partial charge in [0.1, 0.15) is 17.7 Å². The van der Waals surface area contributed by atoms with Crippen molar-refractivity contribution in [1.29, 1.82) is 0 Å². The largest absolute Gasteiger partial charge is 0.375 e. The van der Waals surface area contributed by atoms with E-state index in [1.807, 2.05) is 0 Å². The fourth-order valence-electron chi connectivity index (χ4n) is 3.76. The second-order valence-corrected chi connectivity index (χ2v) is 7.47. The van der Waals surface area contributed by atoms with Crippen LogP contribution in [-0.4, -0.2) is 58.3 Å². The van der Waals surface area contributed by atoms with Crippen molar-refractivity contribution in [3.05, 3.63) is 0 Å². The normalized spacial score (nSPS) is 34.1. The number of nitrogens with one attached hydrogen (secondary N) is 2. The van der Waals surface area contributed by atoms with Gasteiger partial charge in [-0.15, -0.1) is 0 Å². The van der Waals surface area contributed by atoms with Crippen molar-refractivity contribution < 1.29 is 19.4 Å². The summed E-state index contributed by atoms with van der Waals surface area (Å²) in [5, 5.41) is 0. The molecule has 4 heteroatoms. The Morgan fingerprint density at radius 1 is 1.30 bits per heavy atom. The second kappa shape index (κ2) is 6.54. The zero-order valence-corrected chi connectivity index (χ0v) is 13.6. The van der Waals surface area contributed by atoms with Crippen molar-refractivity contribution in [2.45, 2.75) is 51.2 Å². The quantitative estimate of drug-likeness (QED) is 0.638. The van der Waals surface area contributed by atoms with E-state index in [0.29, 0.717) is 6.10 Å². The highest BCUT2D eigenvalue weighted by Gasteiger charge is 2.44. The molecule has 2 rings (SSSR count). The van der Waals surface area contributed by atoms with Crippen molar-refractivity contribution >= 4 is 6.21 Å². The van der Waals surface area contributed by atoms with Crippen molar-refractivity contribution in [3.63, 3.8) is 0 Å². The van der Waals surface area contributed by atoms with Gasteiger partial charge < -0.3 is 14.4 Å². The minimum atomic E-state index is -0.0181. The van der Waals surface area contributed by atoms with E-state index in [0.717, 1.165) is 39.1 Å². The van der Waals surface area contributed by atoms with Crippen LogP contribution in [0.25, 0.3) is 0 Å². The van der Waals surface area contributed by atoms with Crippen LogP contribution in [-0.2, 0) is 9.47 Å². The van der Waals surface area contributed by atoms with Gasteiger partial charge in [0.15, 0.2) is 6.54 Å². The first-order valence-electron chi connectivity index (χ1n) is 8.03. The maximum Gasteiger partial charge on any atom is 0.166 e. The van der Waals surface area contributed by atoms with Gasteiger partial charge in [0.25, 0.3) is 0 Å². The van der Waals surface area contributed by atoms with Crippen LogP contribution in [0, 0.1) is 5.41 Å². The standard InChI is InChI=1S/C16H30N2O2/c1-15(2)11-16(7-9-20-15,13-18(3)4)12-17-10-14-6-5-8-19-14/h12,14H,5-11,13H2,1-4H3/p+2/t14-,16-/m0/s1. The molecule has 2 heterocycles. The maximum absolute atomic E-state index is 5.90. The molecule has 116 valence electrons. The molecule has 0 aromatic heterocycles. The van der Waals surface area contributed by atoms with E-state index in [2.05, 4.69) is 39.1 Å². The second-order valence-electron chi connectivity index (χ2n) is 7.47. The van der Waals surface area contributed by atoms with Gasteiger partial charge in [-0.3, -0.25) is 0 Å². The van der Waals surface area contributed by atoms with E-state index in [-0.39, 0.29) is 11.0 Å². The maximum atomic E-state index is 5.90. The lowest BCUT2D eigenvalue weighted by Gasteiger charge is -2.41. The fraction of sp³-hybridized carbons (Fsp3) is 0.938. The number of quaternary nitrogens is 1. The summed E-state index contributed by atoms with van der Waals surface area (Å²) in [6, 6.07) is 0. The minimum Gasteiger partial charge on any atom is -0.375 e. The third-order valence-corrected chi connectivity index (χ3v) is 4.35. The molecule has 4 nitrogen and oxygen atoms in total.